The third-order valence-electron chi connectivity index (χ3n) is 3.65. The fourth-order valence-corrected chi connectivity index (χ4v) is 2.62. The van der Waals surface area contributed by atoms with Gasteiger partial charge in [0.1, 0.15) is 5.82 Å². The quantitative estimate of drug-likeness (QED) is 0.681. The molecule has 3 rings (SSSR count). The number of aryl methyl sites for hydroxylation is 1. The molecule has 0 aliphatic carbocycles. The minimum atomic E-state index is 0.556. The number of nitrogens with one attached hydrogen (secondary N) is 1. The number of nitrogens with zero attached hydrogens (tertiary/aromatic N) is 3. The highest BCUT2D eigenvalue weighted by atomic mass is 35.5. The molecule has 0 atom stereocenters. The summed E-state index contributed by atoms with van der Waals surface area (Å²) in [5, 5.41) is 3.91. The highest BCUT2D eigenvalue weighted by Crippen LogP contribution is 2.25. The summed E-state index contributed by atoms with van der Waals surface area (Å²) in [4.78, 5) is 11.1. The van der Waals surface area contributed by atoms with Crippen LogP contribution in [0.4, 0.5) is 23.1 Å². The van der Waals surface area contributed by atoms with Crippen LogP contribution in [0, 0.1) is 6.92 Å². The first-order valence-electron chi connectivity index (χ1n) is 7.85. The van der Waals surface area contributed by atoms with Crippen LogP contribution >= 0.6 is 11.6 Å². The Kier molecular flexibility index (Phi) is 4.96. The highest BCUT2D eigenvalue weighted by molar-refractivity contribution is 6.30. The van der Waals surface area contributed by atoms with Crippen molar-refractivity contribution in [2.24, 2.45) is 0 Å². The SMILES string of the molecule is CCN(c1cccc(C)c1)c1ccnc(Nc2ccc(Cl)cc2)n1. The molecule has 1 aromatic heterocycles. The van der Waals surface area contributed by atoms with Gasteiger partial charge in [0.25, 0.3) is 0 Å². The smallest absolute Gasteiger partial charge is 0.229 e. The van der Waals surface area contributed by atoms with Gasteiger partial charge < -0.3 is 10.2 Å². The van der Waals surface area contributed by atoms with Crippen LogP contribution in [0.25, 0.3) is 0 Å². The van der Waals surface area contributed by atoms with E-state index in [4.69, 9.17) is 11.6 Å². The van der Waals surface area contributed by atoms with E-state index >= 15 is 0 Å². The molecule has 1 heterocycles. The zero-order valence-corrected chi connectivity index (χ0v) is 14.5. The maximum absolute atomic E-state index is 5.92. The van der Waals surface area contributed by atoms with Crippen molar-refractivity contribution in [1.82, 2.24) is 9.97 Å². The van der Waals surface area contributed by atoms with Crippen LogP contribution in [0.3, 0.4) is 0 Å². The van der Waals surface area contributed by atoms with Crippen LogP contribution in [0.5, 0.6) is 0 Å². The topological polar surface area (TPSA) is 41.1 Å². The van der Waals surface area contributed by atoms with Crippen molar-refractivity contribution < 1.29 is 0 Å². The van der Waals surface area contributed by atoms with Gasteiger partial charge in [0.05, 0.1) is 0 Å². The van der Waals surface area contributed by atoms with Crippen molar-refractivity contribution in [1.29, 1.82) is 0 Å². The van der Waals surface area contributed by atoms with Crippen molar-refractivity contribution in [3.8, 4) is 0 Å². The van der Waals surface area contributed by atoms with Crippen LogP contribution < -0.4 is 10.2 Å². The third kappa shape index (κ3) is 3.84. The van der Waals surface area contributed by atoms with E-state index in [1.165, 1.54) is 5.56 Å². The van der Waals surface area contributed by atoms with Gasteiger partial charge in [-0.25, -0.2) is 4.98 Å². The van der Waals surface area contributed by atoms with E-state index in [1.807, 2.05) is 30.3 Å². The van der Waals surface area contributed by atoms with Gasteiger partial charge in [0.15, 0.2) is 0 Å². The summed E-state index contributed by atoms with van der Waals surface area (Å²) in [6.07, 6.45) is 1.76. The second kappa shape index (κ2) is 7.32. The second-order valence-corrected chi connectivity index (χ2v) is 5.89. The van der Waals surface area contributed by atoms with E-state index in [-0.39, 0.29) is 0 Å². The zero-order valence-electron chi connectivity index (χ0n) is 13.7. The van der Waals surface area contributed by atoms with Gasteiger partial charge in [-0.15, -0.1) is 0 Å². The standard InChI is InChI=1S/C19H19ClN4/c1-3-24(17-6-4-5-14(2)13-17)18-11-12-21-19(23-18)22-16-9-7-15(20)8-10-16/h4-13H,3H2,1-2H3,(H,21,22,23). The number of halogens is 1. The molecule has 4 nitrogen and oxygen atoms in total. The normalized spacial score (nSPS) is 10.5. The molecule has 0 fully saturated rings. The summed E-state index contributed by atoms with van der Waals surface area (Å²) < 4.78 is 0. The zero-order chi connectivity index (χ0) is 16.9. The molecule has 5 heteroatoms. The average molecular weight is 339 g/mol. The Hall–Kier alpha value is -2.59. The summed E-state index contributed by atoms with van der Waals surface area (Å²) in [5.41, 5.74) is 3.24. The van der Waals surface area contributed by atoms with E-state index in [9.17, 15) is 0 Å². The fraction of sp³-hybridized carbons (Fsp3) is 0.158. The first kappa shape index (κ1) is 16.3. The van der Waals surface area contributed by atoms with Crippen molar-refractivity contribution in [2.75, 3.05) is 16.8 Å². The lowest BCUT2D eigenvalue weighted by Gasteiger charge is -2.22. The van der Waals surface area contributed by atoms with Crippen LogP contribution in [-0.4, -0.2) is 16.5 Å². The molecular formula is C19H19ClN4. The molecule has 122 valence electrons. The lowest BCUT2D eigenvalue weighted by molar-refractivity contribution is 0.977. The summed E-state index contributed by atoms with van der Waals surface area (Å²) in [7, 11) is 0. The van der Waals surface area contributed by atoms with Gasteiger partial charge in [-0.3, -0.25) is 0 Å². The molecule has 0 amide bonds. The van der Waals surface area contributed by atoms with E-state index in [1.54, 1.807) is 6.20 Å². The van der Waals surface area contributed by atoms with Crippen LogP contribution in [-0.2, 0) is 0 Å². The molecule has 0 unspecified atom stereocenters. The van der Waals surface area contributed by atoms with Gasteiger partial charge in [-0.2, -0.15) is 4.98 Å². The van der Waals surface area contributed by atoms with E-state index in [0.29, 0.717) is 11.0 Å². The van der Waals surface area contributed by atoms with Crippen molar-refractivity contribution >= 4 is 34.7 Å². The maximum Gasteiger partial charge on any atom is 0.229 e. The Morgan fingerprint density at radius 3 is 2.58 bits per heavy atom. The van der Waals surface area contributed by atoms with E-state index < -0.39 is 0 Å². The number of hydrogen-bond donors (Lipinski definition) is 1. The molecule has 24 heavy (non-hydrogen) atoms. The first-order chi connectivity index (χ1) is 11.7. The van der Waals surface area contributed by atoms with Crippen LogP contribution in [0.1, 0.15) is 12.5 Å². The Balaban J connectivity index is 1.87. The lowest BCUT2D eigenvalue weighted by atomic mass is 10.2. The lowest BCUT2D eigenvalue weighted by Crippen LogP contribution is -2.18. The molecule has 0 bridgehead atoms. The van der Waals surface area contributed by atoms with E-state index in [2.05, 4.69) is 58.3 Å². The van der Waals surface area contributed by atoms with Gasteiger partial charge >= 0.3 is 0 Å². The number of anilines is 4. The molecule has 0 radical (unpaired) electrons. The fourth-order valence-electron chi connectivity index (χ4n) is 2.49. The Bertz CT molecular complexity index is 818. The van der Waals surface area contributed by atoms with Gasteiger partial charge in [0.2, 0.25) is 5.95 Å². The Labute approximate surface area is 147 Å². The third-order valence-corrected chi connectivity index (χ3v) is 3.90. The number of benzene rings is 2. The van der Waals surface area contributed by atoms with E-state index in [0.717, 1.165) is 23.7 Å². The summed E-state index contributed by atoms with van der Waals surface area (Å²) in [5.74, 6) is 1.41. The average Bonchev–Trinajstić information content (AvgIpc) is 2.58. The van der Waals surface area contributed by atoms with Crippen molar-refractivity contribution in [3.63, 3.8) is 0 Å². The minimum Gasteiger partial charge on any atom is -0.326 e. The van der Waals surface area contributed by atoms with Crippen molar-refractivity contribution in [3.05, 3.63) is 71.4 Å². The molecule has 0 saturated heterocycles. The second-order valence-electron chi connectivity index (χ2n) is 5.45. The summed E-state index contributed by atoms with van der Waals surface area (Å²) >= 11 is 5.92. The molecular weight excluding hydrogens is 320 g/mol. The number of rotatable bonds is 5. The number of aromatic nitrogens is 2. The Morgan fingerprint density at radius 1 is 1.08 bits per heavy atom. The minimum absolute atomic E-state index is 0.556. The summed E-state index contributed by atoms with van der Waals surface area (Å²) in [6.45, 7) is 5.02. The highest BCUT2D eigenvalue weighted by Gasteiger charge is 2.10. The largest absolute Gasteiger partial charge is 0.326 e. The Morgan fingerprint density at radius 2 is 1.88 bits per heavy atom. The molecule has 0 spiro atoms. The molecule has 0 aliphatic rings. The predicted molar refractivity (Wildman–Crippen MR) is 101 cm³/mol. The predicted octanol–water partition coefficient (Wildman–Crippen LogP) is 5.34. The van der Waals surface area contributed by atoms with Gasteiger partial charge in [0, 0.05) is 29.1 Å². The van der Waals surface area contributed by atoms with Crippen LogP contribution in [0.2, 0.25) is 5.02 Å². The van der Waals surface area contributed by atoms with Gasteiger partial charge in [-0.1, -0.05) is 23.7 Å². The van der Waals surface area contributed by atoms with Crippen molar-refractivity contribution in [2.45, 2.75) is 13.8 Å². The summed E-state index contributed by atoms with van der Waals surface area (Å²) in [6, 6.07) is 17.8. The monoisotopic (exact) mass is 338 g/mol. The molecule has 1 N–H and O–H groups in total. The molecule has 3 aromatic rings. The molecule has 0 saturated carbocycles. The maximum atomic E-state index is 5.92. The number of hydrogen-bond acceptors (Lipinski definition) is 4. The first-order valence-corrected chi connectivity index (χ1v) is 8.23. The molecule has 0 aliphatic heterocycles. The van der Waals surface area contributed by atoms with Crippen LogP contribution in [0.15, 0.2) is 60.8 Å². The molecule has 2 aromatic carbocycles. The van der Waals surface area contributed by atoms with Gasteiger partial charge in [-0.05, 0) is 61.9 Å².